The standard InChI is InChI=1S/C72H135N2O7P/c1-7-10-13-16-19-22-25-28-30-32-33-34-35-36-37-38-39-40-41-43-45-47-50-53-56-59-62-65-72(76)81-70(63-60-57-54-51-48-27-24-21-18-15-12-9-3)69(68-80-82(77,78)79-67-66-74(4,5)6)73-71(75)64-61-58-55-52-49-46-44-42-31-29-26-23-20-17-14-11-8-2/h19,22,28-31,33-34,60,63,69-70H,7-18,20-21,23-27,32,35-59,61-62,64-68H2,1-6H3,(H-,73,75,77,78)/p+1/b22-19-,30-28-,31-29+,34-33-,63-60-. The number of esters is 1. The molecule has 0 radical (unpaired) electrons. The lowest BCUT2D eigenvalue weighted by Gasteiger charge is -2.27. The Morgan fingerprint density at radius 2 is 0.744 bits per heavy atom. The Balaban J connectivity index is 5.03. The highest BCUT2D eigenvalue weighted by molar-refractivity contribution is 7.47. The van der Waals surface area contributed by atoms with E-state index < -0.39 is 20.0 Å². The summed E-state index contributed by atoms with van der Waals surface area (Å²) in [6, 6.07) is -0.851. The Hall–Kier alpha value is -2.29. The zero-order chi connectivity index (χ0) is 60.0. The van der Waals surface area contributed by atoms with E-state index in [1.54, 1.807) is 0 Å². The third-order valence-electron chi connectivity index (χ3n) is 15.7. The fourth-order valence-electron chi connectivity index (χ4n) is 10.2. The van der Waals surface area contributed by atoms with Crippen LogP contribution in [0.2, 0.25) is 0 Å². The quantitative estimate of drug-likeness (QED) is 0.0205. The van der Waals surface area contributed by atoms with Gasteiger partial charge in [0.05, 0.1) is 33.8 Å². The summed E-state index contributed by atoms with van der Waals surface area (Å²) < 4.78 is 30.8. The molecule has 480 valence electrons. The molecule has 82 heavy (non-hydrogen) atoms. The van der Waals surface area contributed by atoms with Crippen LogP contribution in [0.25, 0.3) is 0 Å². The van der Waals surface area contributed by atoms with Crippen molar-refractivity contribution in [3.63, 3.8) is 0 Å². The van der Waals surface area contributed by atoms with E-state index in [0.717, 1.165) is 83.5 Å². The van der Waals surface area contributed by atoms with Gasteiger partial charge < -0.3 is 19.4 Å². The molecule has 0 rings (SSSR count). The number of hydrogen-bond donors (Lipinski definition) is 2. The zero-order valence-electron chi connectivity index (χ0n) is 55.0. The van der Waals surface area contributed by atoms with E-state index in [1.807, 2.05) is 33.3 Å². The predicted octanol–water partition coefficient (Wildman–Crippen LogP) is 22.2. The second-order valence-electron chi connectivity index (χ2n) is 25.0. The maximum atomic E-state index is 13.6. The lowest BCUT2D eigenvalue weighted by molar-refractivity contribution is -0.870. The van der Waals surface area contributed by atoms with E-state index >= 15 is 0 Å². The molecule has 0 aromatic carbocycles. The summed E-state index contributed by atoms with van der Waals surface area (Å²) in [7, 11) is 1.50. The van der Waals surface area contributed by atoms with Gasteiger partial charge in [-0.05, 0) is 96.0 Å². The molecule has 0 aliphatic heterocycles. The highest BCUT2D eigenvalue weighted by Gasteiger charge is 2.30. The molecule has 0 saturated heterocycles. The van der Waals surface area contributed by atoms with Gasteiger partial charge in [-0.25, -0.2) is 4.57 Å². The van der Waals surface area contributed by atoms with Gasteiger partial charge in [-0.3, -0.25) is 18.6 Å². The van der Waals surface area contributed by atoms with Crippen molar-refractivity contribution in [2.45, 2.75) is 348 Å². The van der Waals surface area contributed by atoms with Gasteiger partial charge in [-0.1, -0.05) is 287 Å². The van der Waals surface area contributed by atoms with Crippen molar-refractivity contribution in [1.29, 1.82) is 0 Å². The molecule has 0 bridgehead atoms. The van der Waals surface area contributed by atoms with Crippen molar-refractivity contribution >= 4 is 19.7 Å². The molecule has 0 heterocycles. The molecule has 10 heteroatoms. The van der Waals surface area contributed by atoms with Crippen molar-refractivity contribution in [2.24, 2.45) is 0 Å². The predicted molar refractivity (Wildman–Crippen MR) is 355 cm³/mol. The maximum absolute atomic E-state index is 13.6. The fraction of sp³-hybridized carbons (Fsp3) is 0.833. The Kier molecular flexibility index (Phi) is 60.1. The van der Waals surface area contributed by atoms with Crippen LogP contribution in [0.1, 0.15) is 335 Å². The van der Waals surface area contributed by atoms with Gasteiger partial charge in [0.2, 0.25) is 5.91 Å². The van der Waals surface area contributed by atoms with Crippen LogP contribution in [0, 0.1) is 0 Å². The SMILES string of the molecule is CCCCC/C=C\C/C=C\C/C=C\CCCCCCCCCCCCCCCCC(=O)OC(/C=C\CCCCCCCCCCCC)C(COP(=O)(O)OCC[N+](C)(C)C)NC(=O)CCCCCCCCC/C=C/CCCCCCCC. The van der Waals surface area contributed by atoms with Gasteiger partial charge in [0.1, 0.15) is 19.3 Å². The number of hydrogen-bond acceptors (Lipinski definition) is 6. The number of nitrogens with zero attached hydrogens (tertiary/aromatic N) is 1. The van der Waals surface area contributed by atoms with E-state index in [9.17, 15) is 19.0 Å². The number of nitrogens with one attached hydrogen (secondary N) is 1. The number of carbonyl (C=O) groups excluding carboxylic acids is 2. The Bertz CT molecular complexity index is 1590. The molecular formula is C72H136N2O7P+. The average Bonchev–Trinajstić information content (AvgIpc) is 3.44. The second-order valence-corrected chi connectivity index (χ2v) is 26.5. The first kappa shape index (κ1) is 79.7. The van der Waals surface area contributed by atoms with Crippen molar-refractivity contribution < 1.29 is 37.3 Å². The summed E-state index contributed by atoms with van der Waals surface area (Å²) >= 11 is 0. The highest BCUT2D eigenvalue weighted by atomic mass is 31.2. The van der Waals surface area contributed by atoms with Gasteiger partial charge >= 0.3 is 13.8 Å². The minimum atomic E-state index is -4.45. The second kappa shape index (κ2) is 61.8. The molecule has 2 N–H and O–H groups in total. The molecule has 0 aliphatic carbocycles. The molecule has 0 fully saturated rings. The molecule has 3 atom stereocenters. The average molecular weight is 1170 g/mol. The van der Waals surface area contributed by atoms with Gasteiger partial charge in [0.25, 0.3) is 0 Å². The van der Waals surface area contributed by atoms with Crippen molar-refractivity contribution in [1.82, 2.24) is 5.32 Å². The number of phosphoric acid groups is 1. The maximum Gasteiger partial charge on any atom is 0.472 e. The number of unbranched alkanes of at least 4 members (excludes halogenated alkanes) is 40. The summed E-state index contributed by atoms with van der Waals surface area (Å²) in [5.41, 5.74) is 0. The highest BCUT2D eigenvalue weighted by Crippen LogP contribution is 2.43. The van der Waals surface area contributed by atoms with E-state index in [0.29, 0.717) is 23.9 Å². The number of amides is 1. The minimum Gasteiger partial charge on any atom is -0.456 e. The fourth-order valence-corrected chi connectivity index (χ4v) is 11.0. The summed E-state index contributed by atoms with van der Waals surface area (Å²) in [6.45, 7) is 7.01. The van der Waals surface area contributed by atoms with Crippen LogP contribution in [0.5, 0.6) is 0 Å². The van der Waals surface area contributed by atoms with Crippen LogP contribution in [0.15, 0.2) is 60.8 Å². The lowest BCUT2D eigenvalue weighted by Crippen LogP contribution is -2.47. The van der Waals surface area contributed by atoms with E-state index in [1.165, 1.54) is 218 Å². The van der Waals surface area contributed by atoms with Crippen LogP contribution >= 0.6 is 7.82 Å². The minimum absolute atomic E-state index is 0.0396. The monoisotopic (exact) mass is 1170 g/mol. The molecule has 0 aromatic heterocycles. The largest absolute Gasteiger partial charge is 0.472 e. The normalized spacial score (nSPS) is 13.9. The molecule has 0 aromatic rings. The van der Waals surface area contributed by atoms with Gasteiger partial charge in [-0.2, -0.15) is 0 Å². The van der Waals surface area contributed by atoms with E-state index in [-0.39, 0.29) is 25.1 Å². The van der Waals surface area contributed by atoms with Crippen LogP contribution in [0.4, 0.5) is 0 Å². The number of rotatable bonds is 64. The number of phosphoric ester groups is 1. The summed E-state index contributed by atoms with van der Waals surface area (Å²) in [4.78, 5) is 37.8. The van der Waals surface area contributed by atoms with E-state index in [2.05, 4.69) is 74.7 Å². The smallest absolute Gasteiger partial charge is 0.456 e. The third kappa shape index (κ3) is 62.2. The first-order chi connectivity index (χ1) is 39.9. The number of ether oxygens (including phenoxy) is 1. The zero-order valence-corrected chi connectivity index (χ0v) is 55.9. The van der Waals surface area contributed by atoms with Crippen molar-refractivity contribution in [2.75, 3.05) is 40.9 Å². The number of quaternary nitrogens is 1. The van der Waals surface area contributed by atoms with Gasteiger partial charge in [0, 0.05) is 12.8 Å². The topological polar surface area (TPSA) is 111 Å². The van der Waals surface area contributed by atoms with Gasteiger partial charge in [0.15, 0.2) is 0 Å². The van der Waals surface area contributed by atoms with Gasteiger partial charge in [-0.15, -0.1) is 0 Å². The van der Waals surface area contributed by atoms with E-state index in [4.69, 9.17) is 13.8 Å². The Labute approximate surface area is 509 Å². The Morgan fingerprint density at radius 1 is 0.427 bits per heavy atom. The summed E-state index contributed by atoms with van der Waals surface area (Å²) in [5, 5.41) is 3.07. The molecule has 3 unspecified atom stereocenters. The summed E-state index contributed by atoms with van der Waals surface area (Å²) in [6.07, 6.45) is 79.4. The molecular weight excluding hydrogens is 1040 g/mol. The summed E-state index contributed by atoms with van der Waals surface area (Å²) in [5.74, 6) is -0.499. The van der Waals surface area contributed by atoms with Crippen LogP contribution in [0.3, 0.4) is 0 Å². The first-order valence-corrected chi connectivity index (χ1v) is 36.6. The molecule has 9 nitrogen and oxygen atoms in total. The Morgan fingerprint density at radius 3 is 1.15 bits per heavy atom. The van der Waals surface area contributed by atoms with Crippen LogP contribution in [-0.4, -0.2) is 74.3 Å². The number of likely N-dealkylation sites (N-methyl/N-ethyl adjacent to an activating group) is 1. The van der Waals surface area contributed by atoms with Crippen LogP contribution < -0.4 is 5.32 Å². The molecule has 0 spiro atoms. The number of carbonyl (C=O) groups is 2. The number of allylic oxidation sites excluding steroid dienone is 9. The molecule has 0 aliphatic rings. The third-order valence-corrected chi connectivity index (χ3v) is 16.7. The first-order valence-electron chi connectivity index (χ1n) is 35.1. The van der Waals surface area contributed by atoms with Crippen LogP contribution in [-0.2, 0) is 27.9 Å². The molecule has 1 amide bonds. The van der Waals surface area contributed by atoms with Crippen molar-refractivity contribution in [3.8, 4) is 0 Å². The van der Waals surface area contributed by atoms with Crippen molar-refractivity contribution in [3.05, 3.63) is 60.8 Å². The lowest BCUT2D eigenvalue weighted by atomic mass is 10.0. The molecule has 0 saturated carbocycles.